The van der Waals surface area contributed by atoms with E-state index in [0.717, 1.165) is 35.9 Å². The molecule has 1 aromatic heterocycles. The molecule has 0 amide bonds. The summed E-state index contributed by atoms with van der Waals surface area (Å²) in [5.41, 5.74) is 0.467. The average Bonchev–Trinajstić information content (AvgIpc) is 2.74. The van der Waals surface area contributed by atoms with E-state index in [1.165, 1.54) is 7.11 Å². The maximum atomic E-state index is 11.6. The van der Waals surface area contributed by atoms with E-state index < -0.39 is 0 Å². The van der Waals surface area contributed by atoms with Crippen LogP contribution in [0.15, 0.2) is 0 Å². The second-order valence-electron chi connectivity index (χ2n) is 5.10. The quantitative estimate of drug-likeness (QED) is 0.775. The summed E-state index contributed by atoms with van der Waals surface area (Å²) in [4.78, 5) is 21.6. The molecule has 1 atom stereocenters. The molecule has 1 aliphatic rings. The molecule has 0 bridgehead atoms. The third-order valence-corrected chi connectivity index (χ3v) is 4.60. The van der Waals surface area contributed by atoms with Crippen molar-refractivity contribution in [2.75, 3.05) is 40.8 Å². The van der Waals surface area contributed by atoms with Crippen LogP contribution in [0.2, 0.25) is 0 Å². The van der Waals surface area contributed by atoms with E-state index in [4.69, 9.17) is 4.74 Å². The van der Waals surface area contributed by atoms with Crippen LogP contribution in [0.3, 0.4) is 0 Å². The first kappa shape index (κ1) is 14.4. The number of carbonyl (C=O) groups is 1. The lowest BCUT2D eigenvalue weighted by Crippen LogP contribution is -2.50. The van der Waals surface area contributed by atoms with Gasteiger partial charge in [-0.1, -0.05) is 0 Å². The van der Waals surface area contributed by atoms with Crippen molar-refractivity contribution in [3.63, 3.8) is 0 Å². The summed E-state index contributed by atoms with van der Waals surface area (Å²) in [7, 11) is 5.69. The lowest BCUT2D eigenvalue weighted by Gasteiger charge is -2.37. The molecule has 5 nitrogen and oxygen atoms in total. The number of hydrogen-bond donors (Lipinski definition) is 0. The summed E-state index contributed by atoms with van der Waals surface area (Å²) in [6.07, 6.45) is 0.892. The highest BCUT2D eigenvalue weighted by Crippen LogP contribution is 2.21. The van der Waals surface area contributed by atoms with E-state index in [1.807, 2.05) is 6.92 Å². The highest BCUT2D eigenvalue weighted by Gasteiger charge is 2.24. The summed E-state index contributed by atoms with van der Waals surface area (Å²) in [5.74, 6) is -0.339. The fourth-order valence-corrected chi connectivity index (χ4v) is 3.34. The maximum Gasteiger partial charge on any atom is 0.357 e. The largest absolute Gasteiger partial charge is 0.464 e. The third kappa shape index (κ3) is 3.32. The van der Waals surface area contributed by atoms with Gasteiger partial charge in [0.05, 0.1) is 12.1 Å². The van der Waals surface area contributed by atoms with Crippen molar-refractivity contribution in [1.82, 2.24) is 14.8 Å². The minimum Gasteiger partial charge on any atom is -0.464 e. The van der Waals surface area contributed by atoms with Gasteiger partial charge >= 0.3 is 5.97 Å². The Morgan fingerprint density at radius 1 is 1.47 bits per heavy atom. The fraction of sp³-hybridized carbons (Fsp3) is 0.692. The van der Waals surface area contributed by atoms with Gasteiger partial charge in [-0.05, 0) is 21.0 Å². The summed E-state index contributed by atoms with van der Waals surface area (Å²) in [6.45, 7) is 5.15. The van der Waals surface area contributed by atoms with E-state index in [-0.39, 0.29) is 5.97 Å². The molecule has 6 heteroatoms. The van der Waals surface area contributed by atoms with Crippen LogP contribution < -0.4 is 0 Å². The summed E-state index contributed by atoms with van der Waals surface area (Å²) >= 11 is 1.60. The van der Waals surface area contributed by atoms with Crippen LogP contribution in [0.1, 0.15) is 20.4 Å². The number of piperazine rings is 1. The van der Waals surface area contributed by atoms with Gasteiger partial charge in [0.15, 0.2) is 5.69 Å². The van der Waals surface area contributed by atoms with Crippen LogP contribution in [0.4, 0.5) is 0 Å². The fourth-order valence-electron chi connectivity index (χ4n) is 2.35. The van der Waals surface area contributed by atoms with Crippen LogP contribution in [-0.2, 0) is 11.2 Å². The number of aromatic nitrogens is 1. The molecule has 2 heterocycles. The van der Waals surface area contributed by atoms with Crippen molar-refractivity contribution in [2.45, 2.75) is 19.4 Å². The van der Waals surface area contributed by atoms with Gasteiger partial charge in [-0.25, -0.2) is 9.78 Å². The van der Waals surface area contributed by atoms with Crippen LogP contribution in [0.25, 0.3) is 0 Å². The highest BCUT2D eigenvalue weighted by molar-refractivity contribution is 7.11. The molecule has 2 rings (SSSR count). The minimum absolute atomic E-state index is 0.339. The molecular formula is C13H21N3O2S. The molecule has 106 valence electrons. The molecule has 0 aromatic carbocycles. The minimum atomic E-state index is -0.339. The number of esters is 1. The lowest BCUT2D eigenvalue weighted by molar-refractivity contribution is 0.0593. The molecule has 0 radical (unpaired) electrons. The maximum absolute atomic E-state index is 11.6. The number of nitrogens with zero attached hydrogens (tertiary/aromatic N) is 3. The number of ether oxygens (including phenoxy) is 1. The Morgan fingerprint density at radius 3 is 2.89 bits per heavy atom. The van der Waals surface area contributed by atoms with E-state index >= 15 is 0 Å². The zero-order valence-corrected chi connectivity index (χ0v) is 12.8. The number of carbonyl (C=O) groups excluding carboxylic acids is 1. The van der Waals surface area contributed by atoms with Crippen molar-refractivity contribution in [1.29, 1.82) is 0 Å². The lowest BCUT2D eigenvalue weighted by atomic mass is 10.1. The Kier molecular flexibility index (Phi) is 4.54. The number of likely N-dealkylation sites (N-methyl/N-ethyl adjacent to an activating group) is 2. The van der Waals surface area contributed by atoms with Gasteiger partial charge in [-0.3, -0.25) is 0 Å². The SMILES string of the molecule is COC(=O)c1nc(CC2CN(C)CCN2C)sc1C. The van der Waals surface area contributed by atoms with E-state index in [2.05, 4.69) is 28.9 Å². The Labute approximate surface area is 118 Å². The van der Waals surface area contributed by atoms with Crippen LogP contribution in [0.5, 0.6) is 0 Å². The first-order chi connectivity index (χ1) is 9.01. The van der Waals surface area contributed by atoms with Crippen LogP contribution in [-0.4, -0.2) is 67.6 Å². The molecular weight excluding hydrogens is 262 g/mol. The number of methoxy groups -OCH3 is 1. The number of aryl methyl sites for hydroxylation is 1. The first-order valence-electron chi connectivity index (χ1n) is 6.44. The van der Waals surface area contributed by atoms with Crippen molar-refractivity contribution in [3.8, 4) is 0 Å². The Bertz CT molecular complexity index is 461. The van der Waals surface area contributed by atoms with Crippen molar-refractivity contribution in [2.24, 2.45) is 0 Å². The van der Waals surface area contributed by atoms with Gasteiger partial charge < -0.3 is 14.5 Å². The summed E-state index contributed by atoms with van der Waals surface area (Å²) in [6, 6.07) is 0.467. The average molecular weight is 283 g/mol. The monoisotopic (exact) mass is 283 g/mol. The number of hydrogen-bond acceptors (Lipinski definition) is 6. The summed E-state index contributed by atoms with van der Waals surface area (Å²) in [5, 5.41) is 1.02. The molecule has 1 aromatic rings. The zero-order valence-electron chi connectivity index (χ0n) is 12.0. The molecule has 0 N–H and O–H groups in total. The van der Waals surface area contributed by atoms with Gasteiger partial charge in [-0.15, -0.1) is 11.3 Å². The predicted molar refractivity (Wildman–Crippen MR) is 75.8 cm³/mol. The van der Waals surface area contributed by atoms with Gasteiger partial charge in [0.25, 0.3) is 0 Å². The normalized spacial score (nSPS) is 21.6. The molecule has 1 unspecified atom stereocenters. The second kappa shape index (κ2) is 5.98. The Morgan fingerprint density at radius 2 is 2.21 bits per heavy atom. The molecule has 1 fully saturated rings. The van der Waals surface area contributed by atoms with Gasteiger partial charge in [-0.2, -0.15) is 0 Å². The molecule has 1 saturated heterocycles. The second-order valence-corrected chi connectivity index (χ2v) is 6.39. The van der Waals surface area contributed by atoms with Gasteiger partial charge in [0, 0.05) is 37.0 Å². The van der Waals surface area contributed by atoms with Crippen molar-refractivity contribution >= 4 is 17.3 Å². The summed E-state index contributed by atoms with van der Waals surface area (Å²) < 4.78 is 4.75. The smallest absolute Gasteiger partial charge is 0.357 e. The van der Waals surface area contributed by atoms with Crippen molar-refractivity contribution in [3.05, 3.63) is 15.6 Å². The van der Waals surface area contributed by atoms with E-state index in [1.54, 1.807) is 11.3 Å². The Hall–Kier alpha value is -0.980. The standard InChI is InChI=1S/C13H21N3O2S/c1-9-12(13(17)18-4)14-11(19-9)7-10-8-15(2)5-6-16(10)3/h10H,5-8H2,1-4H3. The highest BCUT2D eigenvalue weighted by atomic mass is 32.1. The topological polar surface area (TPSA) is 45.7 Å². The van der Waals surface area contributed by atoms with Crippen LogP contribution in [0, 0.1) is 6.92 Å². The van der Waals surface area contributed by atoms with E-state index in [0.29, 0.717) is 11.7 Å². The molecule has 0 spiro atoms. The number of rotatable bonds is 3. The van der Waals surface area contributed by atoms with Gasteiger partial charge in [0.1, 0.15) is 0 Å². The van der Waals surface area contributed by atoms with Gasteiger partial charge in [0.2, 0.25) is 0 Å². The molecule has 1 aliphatic heterocycles. The third-order valence-electron chi connectivity index (χ3n) is 3.61. The van der Waals surface area contributed by atoms with Crippen LogP contribution >= 0.6 is 11.3 Å². The molecule has 19 heavy (non-hydrogen) atoms. The van der Waals surface area contributed by atoms with Crippen molar-refractivity contribution < 1.29 is 9.53 Å². The van der Waals surface area contributed by atoms with E-state index in [9.17, 15) is 4.79 Å². The first-order valence-corrected chi connectivity index (χ1v) is 7.26. The predicted octanol–water partition coefficient (Wildman–Crippen LogP) is 1.03. The zero-order chi connectivity index (χ0) is 14.0. The molecule has 0 saturated carbocycles. The number of thiazole rings is 1. The Balaban J connectivity index is 2.08. The molecule has 0 aliphatic carbocycles.